The average Bonchev–Trinajstić information content (AvgIpc) is 3.16. The Morgan fingerprint density at radius 1 is 1.24 bits per heavy atom. The van der Waals surface area contributed by atoms with Crippen molar-refractivity contribution in [2.24, 2.45) is 5.73 Å². The lowest BCUT2D eigenvalue weighted by molar-refractivity contribution is -0.127. The highest BCUT2D eigenvalue weighted by Gasteiger charge is 2.43. The molecule has 0 aromatic carbocycles. The van der Waals surface area contributed by atoms with Crippen molar-refractivity contribution < 1.29 is 9.53 Å². The Labute approximate surface area is 131 Å². The normalized spacial score (nSPS) is 33.2. The third-order valence-corrected chi connectivity index (χ3v) is 6.52. The number of morpholine rings is 1. The standard InChI is InChI=1S/C15H27N3O2S/c16-15(3-1-2-4-15)13(19)17-11-14(5-10-21-12-14)18-6-8-20-9-7-18/h1-12,16H2,(H,17,19). The molecular formula is C15H27N3O2S. The van der Waals surface area contributed by atoms with Gasteiger partial charge >= 0.3 is 0 Å². The maximum atomic E-state index is 12.5. The Morgan fingerprint density at radius 3 is 2.57 bits per heavy atom. The second kappa shape index (κ2) is 6.44. The molecule has 5 nitrogen and oxygen atoms in total. The number of amides is 1. The van der Waals surface area contributed by atoms with E-state index in [2.05, 4.69) is 10.2 Å². The van der Waals surface area contributed by atoms with Gasteiger partial charge in [-0.15, -0.1) is 0 Å². The number of hydrogen-bond donors (Lipinski definition) is 2. The summed E-state index contributed by atoms with van der Waals surface area (Å²) in [5, 5.41) is 3.19. The highest BCUT2D eigenvalue weighted by atomic mass is 32.2. The lowest BCUT2D eigenvalue weighted by atomic mass is 9.93. The van der Waals surface area contributed by atoms with Gasteiger partial charge in [0.2, 0.25) is 5.91 Å². The number of rotatable bonds is 4. The number of carbonyl (C=O) groups is 1. The van der Waals surface area contributed by atoms with Crippen LogP contribution in [0.2, 0.25) is 0 Å². The molecule has 0 aromatic rings. The Bertz CT molecular complexity index is 373. The molecule has 0 radical (unpaired) electrons. The van der Waals surface area contributed by atoms with Gasteiger partial charge in [-0.1, -0.05) is 12.8 Å². The molecule has 0 spiro atoms. The molecule has 3 aliphatic rings. The smallest absolute Gasteiger partial charge is 0.240 e. The minimum atomic E-state index is -0.613. The minimum absolute atomic E-state index is 0.0598. The fourth-order valence-electron chi connectivity index (χ4n) is 3.79. The highest BCUT2D eigenvalue weighted by molar-refractivity contribution is 7.99. The van der Waals surface area contributed by atoms with E-state index in [4.69, 9.17) is 10.5 Å². The maximum absolute atomic E-state index is 12.5. The number of nitrogens with zero attached hydrogens (tertiary/aromatic N) is 1. The molecule has 1 atom stereocenters. The molecule has 3 fully saturated rings. The van der Waals surface area contributed by atoms with Crippen molar-refractivity contribution in [3.8, 4) is 0 Å². The number of ether oxygens (including phenoxy) is 1. The van der Waals surface area contributed by atoms with E-state index in [1.807, 2.05) is 11.8 Å². The summed E-state index contributed by atoms with van der Waals surface area (Å²) in [6, 6.07) is 0. The third-order valence-electron chi connectivity index (χ3n) is 5.29. The predicted octanol–water partition coefficient (Wildman–Crippen LogP) is 0.582. The van der Waals surface area contributed by atoms with E-state index in [-0.39, 0.29) is 11.4 Å². The fraction of sp³-hybridized carbons (Fsp3) is 0.933. The average molecular weight is 313 g/mol. The molecule has 0 aromatic heterocycles. The van der Waals surface area contributed by atoms with Gasteiger partial charge in [0.05, 0.1) is 18.8 Å². The van der Waals surface area contributed by atoms with Crippen LogP contribution in [-0.4, -0.2) is 66.2 Å². The van der Waals surface area contributed by atoms with Crippen molar-refractivity contribution in [1.82, 2.24) is 10.2 Å². The van der Waals surface area contributed by atoms with Gasteiger partial charge in [0, 0.05) is 30.9 Å². The number of nitrogens with one attached hydrogen (secondary N) is 1. The summed E-state index contributed by atoms with van der Waals surface area (Å²) >= 11 is 1.99. The first-order chi connectivity index (χ1) is 10.1. The molecule has 1 amide bonds. The summed E-state index contributed by atoms with van der Waals surface area (Å²) in [7, 11) is 0. The van der Waals surface area contributed by atoms with Gasteiger partial charge in [0.15, 0.2) is 0 Å². The van der Waals surface area contributed by atoms with Crippen LogP contribution in [0.25, 0.3) is 0 Å². The maximum Gasteiger partial charge on any atom is 0.240 e. The summed E-state index contributed by atoms with van der Waals surface area (Å²) in [6.45, 7) is 4.30. The zero-order chi connectivity index (χ0) is 14.8. The van der Waals surface area contributed by atoms with Gasteiger partial charge in [-0.2, -0.15) is 11.8 Å². The molecule has 21 heavy (non-hydrogen) atoms. The number of hydrogen-bond acceptors (Lipinski definition) is 5. The monoisotopic (exact) mass is 313 g/mol. The van der Waals surface area contributed by atoms with Gasteiger partial charge < -0.3 is 15.8 Å². The second-order valence-electron chi connectivity index (χ2n) is 6.67. The van der Waals surface area contributed by atoms with Crippen LogP contribution in [0.1, 0.15) is 32.1 Å². The predicted molar refractivity (Wildman–Crippen MR) is 85.5 cm³/mol. The van der Waals surface area contributed by atoms with Crippen LogP contribution in [0.15, 0.2) is 0 Å². The minimum Gasteiger partial charge on any atom is -0.379 e. The van der Waals surface area contributed by atoms with Crippen LogP contribution in [0.3, 0.4) is 0 Å². The Balaban J connectivity index is 1.61. The molecule has 6 heteroatoms. The Kier molecular flexibility index (Phi) is 4.78. The fourth-order valence-corrected chi connectivity index (χ4v) is 5.27. The molecule has 0 bridgehead atoms. The molecule has 2 aliphatic heterocycles. The summed E-state index contributed by atoms with van der Waals surface area (Å²) in [5.41, 5.74) is 5.76. The van der Waals surface area contributed by atoms with Crippen LogP contribution in [0.5, 0.6) is 0 Å². The lowest BCUT2D eigenvalue weighted by Gasteiger charge is -2.43. The largest absolute Gasteiger partial charge is 0.379 e. The van der Waals surface area contributed by atoms with E-state index in [1.54, 1.807) is 0 Å². The first-order valence-electron chi connectivity index (χ1n) is 8.12. The highest BCUT2D eigenvalue weighted by Crippen LogP contribution is 2.34. The van der Waals surface area contributed by atoms with E-state index in [0.717, 1.165) is 70.7 Å². The molecule has 1 aliphatic carbocycles. The molecule has 1 unspecified atom stereocenters. The first-order valence-corrected chi connectivity index (χ1v) is 9.28. The third kappa shape index (κ3) is 3.23. The summed E-state index contributed by atoms with van der Waals surface area (Å²) < 4.78 is 5.47. The topological polar surface area (TPSA) is 67.6 Å². The van der Waals surface area contributed by atoms with Crippen LogP contribution >= 0.6 is 11.8 Å². The van der Waals surface area contributed by atoms with E-state index in [1.165, 1.54) is 5.75 Å². The van der Waals surface area contributed by atoms with Gasteiger partial charge in [0.1, 0.15) is 0 Å². The van der Waals surface area contributed by atoms with Crippen LogP contribution in [0, 0.1) is 0 Å². The van der Waals surface area contributed by atoms with Crippen molar-refractivity contribution in [2.75, 3.05) is 44.4 Å². The molecule has 1 saturated carbocycles. The summed E-state index contributed by atoms with van der Waals surface area (Å²) in [6.07, 6.45) is 4.97. The quantitative estimate of drug-likeness (QED) is 0.795. The Morgan fingerprint density at radius 2 is 1.95 bits per heavy atom. The first kappa shape index (κ1) is 15.6. The summed E-state index contributed by atoms with van der Waals surface area (Å²) in [4.78, 5) is 15.0. The number of thioether (sulfide) groups is 1. The number of carbonyl (C=O) groups excluding carboxylic acids is 1. The van der Waals surface area contributed by atoms with Gasteiger partial charge in [-0.05, 0) is 25.0 Å². The van der Waals surface area contributed by atoms with Gasteiger partial charge in [-0.25, -0.2) is 0 Å². The molecule has 3 N–H and O–H groups in total. The van der Waals surface area contributed by atoms with Crippen LogP contribution in [-0.2, 0) is 9.53 Å². The van der Waals surface area contributed by atoms with E-state index in [0.29, 0.717) is 0 Å². The van der Waals surface area contributed by atoms with Crippen molar-refractivity contribution in [3.63, 3.8) is 0 Å². The molecule has 2 heterocycles. The zero-order valence-electron chi connectivity index (χ0n) is 12.7. The zero-order valence-corrected chi connectivity index (χ0v) is 13.6. The van der Waals surface area contributed by atoms with Crippen molar-refractivity contribution in [2.45, 2.75) is 43.2 Å². The molecule has 3 rings (SSSR count). The second-order valence-corrected chi connectivity index (χ2v) is 7.78. The molecule has 2 saturated heterocycles. The lowest BCUT2D eigenvalue weighted by Crippen LogP contribution is -2.61. The molecule has 120 valence electrons. The van der Waals surface area contributed by atoms with Gasteiger partial charge in [0.25, 0.3) is 0 Å². The van der Waals surface area contributed by atoms with E-state index >= 15 is 0 Å². The van der Waals surface area contributed by atoms with Gasteiger partial charge in [-0.3, -0.25) is 9.69 Å². The molecular weight excluding hydrogens is 286 g/mol. The van der Waals surface area contributed by atoms with Crippen molar-refractivity contribution >= 4 is 17.7 Å². The SMILES string of the molecule is NC1(C(=O)NCC2(N3CCOCC3)CCSC2)CCCC1. The van der Waals surface area contributed by atoms with E-state index < -0.39 is 5.54 Å². The van der Waals surface area contributed by atoms with Crippen LogP contribution in [0.4, 0.5) is 0 Å². The Hall–Kier alpha value is -0.300. The van der Waals surface area contributed by atoms with Crippen molar-refractivity contribution in [3.05, 3.63) is 0 Å². The van der Waals surface area contributed by atoms with Crippen LogP contribution < -0.4 is 11.1 Å². The number of nitrogens with two attached hydrogens (primary N) is 1. The van der Waals surface area contributed by atoms with Crippen molar-refractivity contribution in [1.29, 1.82) is 0 Å². The summed E-state index contributed by atoms with van der Waals surface area (Å²) in [5.74, 6) is 2.34. The van der Waals surface area contributed by atoms with E-state index in [9.17, 15) is 4.79 Å².